The van der Waals surface area contributed by atoms with Gasteiger partial charge < -0.3 is 11.6 Å². The van der Waals surface area contributed by atoms with Gasteiger partial charge in [-0.25, -0.2) is 14.5 Å². The zero-order chi connectivity index (χ0) is 20.4. The zero-order valence-corrected chi connectivity index (χ0v) is 16.8. The molecular weight excluding hydrogens is 398 g/mol. The summed E-state index contributed by atoms with van der Waals surface area (Å²) in [4.78, 5) is 41.2. The predicted octanol–water partition coefficient (Wildman–Crippen LogP) is 2.15. The number of nitrogens with two attached hydrogens (primary N) is 2. The number of primary amides is 1. The summed E-state index contributed by atoms with van der Waals surface area (Å²) in [5.41, 5.74) is 6.30. The van der Waals surface area contributed by atoms with Crippen LogP contribution in [0.1, 0.15) is 13.8 Å². The highest BCUT2D eigenvalue weighted by molar-refractivity contribution is 8.00. The van der Waals surface area contributed by atoms with E-state index in [1.54, 1.807) is 0 Å². The van der Waals surface area contributed by atoms with Gasteiger partial charge in [0.2, 0.25) is 5.91 Å². The maximum absolute atomic E-state index is 12.9. The fourth-order valence-corrected chi connectivity index (χ4v) is 4.70. The number of nitrogens with zero attached hydrogens (tertiary/aromatic N) is 2. The van der Waals surface area contributed by atoms with Crippen molar-refractivity contribution >= 4 is 45.3 Å². The van der Waals surface area contributed by atoms with Crippen molar-refractivity contribution in [2.75, 3.05) is 5.84 Å². The number of nitrogens with one attached hydrogen (secondary N) is 1. The van der Waals surface area contributed by atoms with Crippen LogP contribution in [-0.4, -0.2) is 26.8 Å². The summed E-state index contributed by atoms with van der Waals surface area (Å²) in [6.07, 6.45) is 0. The van der Waals surface area contributed by atoms with E-state index in [0.29, 0.717) is 10.2 Å². The van der Waals surface area contributed by atoms with Gasteiger partial charge in [-0.2, -0.15) is 0 Å². The number of carbonyl (C=O) groups excluding carboxylic acids is 2. The molecule has 0 unspecified atom stereocenters. The van der Waals surface area contributed by atoms with Gasteiger partial charge in [-0.1, -0.05) is 55.9 Å². The van der Waals surface area contributed by atoms with Crippen molar-refractivity contribution in [2.45, 2.75) is 24.3 Å². The first kappa shape index (κ1) is 19.9. The van der Waals surface area contributed by atoms with Gasteiger partial charge in [-0.15, -0.1) is 11.3 Å². The quantitative estimate of drug-likeness (QED) is 0.331. The summed E-state index contributed by atoms with van der Waals surface area (Å²) in [7, 11) is 0. The molecule has 0 aliphatic carbocycles. The Bertz CT molecular complexity index is 1090. The van der Waals surface area contributed by atoms with Crippen LogP contribution in [0.15, 0.2) is 45.7 Å². The van der Waals surface area contributed by atoms with Gasteiger partial charge in [-0.05, 0) is 11.5 Å². The molecule has 5 N–H and O–H groups in total. The number of hydrogen-bond donors (Lipinski definition) is 3. The average molecular weight is 418 g/mol. The van der Waals surface area contributed by atoms with Crippen molar-refractivity contribution in [1.82, 2.24) is 15.0 Å². The third-order valence-corrected chi connectivity index (χ3v) is 6.42. The highest BCUT2D eigenvalue weighted by Crippen LogP contribution is 2.33. The molecule has 2 aromatic heterocycles. The monoisotopic (exact) mass is 417 g/mol. The molecule has 0 aliphatic rings. The minimum atomic E-state index is -0.935. The topological polar surface area (TPSA) is 133 Å². The standard InChI is InChI=1S/C18H19N5O3S2/c1-9(2)13(14(24)21-17(19)26)28-18-22-15-12(16(25)23(18)20)11(8-27-15)10-6-4-3-5-7-10/h3-9,13H,20H2,1-2H3,(H3,19,21,24,26)/t13-/m1/s1. The average Bonchev–Trinajstić information content (AvgIpc) is 3.07. The van der Waals surface area contributed by atoms with Crippen LogP contribution in [-0.2, 0) is 4.79 Å². The first-order chi connectivity index (χ1) is 13.3. The van der Waals surface area contributed by atoms with E-state index < -0.39 is 22.7 Å². The molecule has 10 heteroatoms. The SMILES string of the molecule is CC(C)[C@@H](Sc1nc2scc(-c3ccccc3)c2c(=O)n1N)C(=O)NC(N)=O. The number of fused-ring (bicyclic) bond motifs is 1. The molecule has 28 heavy (non-hydrogen) atoms. The van der Waals surface area contributed by atoms with Crippen LogP contribution in [0, 0.1) is 5.92 Å². The van der Waals surface area contributed by atoms with E-state index in [0.717, 1.165) is 27.6 Å². The minimum Gasteiger partial charge on any atom is -0.351 e. The molecule has 0 saturated carbocycles. The van der Waals surface area contributed by atoms with Crippen molar-refractivity contribution in [1.29, 1.82) is 0 Å². The van der Waals surface area contributed by atoms with Gasteiger partial charge in [-0.3, -0.25) is 14.9 Å². The summed E-state index contributed by atoms with van der Waals surface area (Å²) >= 11 is 2.35. The molecular formula is C18H19N5O3S2. The van der Waals surface area contributed by atoms with Gasteiger partial charge in [0.15, 0.2) is 5.16 Å². The lowest BCUT2D eigenvalue weighted by Gasteiger charge is -2.19. The van der Waals surface area contributed by atoms with Crippen molar-refractivity contribution in [2.24, 2.45) is 11.7 Å². The Labute approximate surface area is 168 Å². The number of thioether (sulfide) groups is 1. The second-order valence-electron chi connectivity index (χ2n) is 6.40. The minimum absolute atomic E-state index is 0.153. The molecule has 0 radical (unpaired) electrons. The molecule has 8 nitrogen and oxygen atoms in total. The molecule has 0 spiro atoms. The zero-order valence-electron chi connectivity index (χ0n) is 15.2. The van der Waals surface area contributed by atoms with E-state index in [2.05, 4.69) is 10.3 Å². The Morgan fingerprint density at radius 1 is 1.25 bits per heavy atom. The molecule has 146 valence electrons. The van der Waals surface area contributed by atoms with E-state index in [1.807, 2.05) is 49.6 Å². The molecule has 0 saturated heterocycles. The second kappa shape index (κ2) is 8.03. The van der Waals surface area contributed by atoms with Crippen molar-refractivity contribution in [3.05, 3.63) is 46.1 Å². The maximum Gasteiger partial charge on any atom is 0.318 e. The van der Waals surface area contributed by atoms with Crippen LogP contribution in [0.4, 0.5) is 4.79 Å². The number of urea groups is 1. The molecule has 0 bridgehead atoms. The van der Waals surface area contributed by atoms with Crippen LogP contribution in [0.2, 0.25) is 0 Å². The van der Waals surface area contributed by atoms with Crippen LogP contribution in [0.5, 0.6) is 0 Å². The summed E-state index contributed by atoms with van der Waals surface area (Å²) < 4.78 is 0.944. The lowest BCUT2D eigenvalue weighted by Crippen LogP contribution is -2.42. The van der Waals surface area contributed by atoms with Crippen LogP contribution < -0.4 is 22.5 Å². The molecule has 3 aromatic rings. The van der Waals surface area contributed by atoms with Gasteiger partial charge in [0.25, 0.3) is 5.56 Å². The fourth-order valence-electron chi connectivity index (χ4n) is 2.70. The number of carbonyl (C=O) groups is 2. The summed E-state index contributed by atoms with van der Waals surface area (Å²) in [5.74, 6) is 5.30. The van der Waals surface area contributed by atoms with E-state index in [-0.39, 0.29) is 11.1 Å². The van der Waals surface area contributed by atoms with Gasteiger partial charge >= 0.3 is 6.03 Å². The van der Waals surface area contributed by atoms with Crippen molar-refractivity contribution < 1.29 is 9.59 Å². The maximum atomic E-state index is 12.9. The summed E-state index contributed by atoms with van der Waals surface area (Å²) in [5, 5.41) is 3.86. The Hall–Kier alpha value is -2.85. The number of hydrogen-bond acceptors (Lipinski definition) is 7. The van der Waals surface area contributed by atoms with E-state index in [1.165, 1.54) is 11.3 Å². The Morgan fingerprint density at radius 3 is 2.54 bits per heavy atom. The normalized spacial score (nSPS) is 12.2. The van der Waals surface area contributed by atoms with Crippen molar-refractivity contribution in [3.8, 4) is 11.1 Å². The first-order valence-corrected chi connectivity index (χ1v) is 10.2. The Morgan fingerprint density at radius 2 is 1.93 bits per heavy atom. The number of imide groups is 1. The summed E-state index contributed by atoms with van der Waals surface area (Å²) in [6, 6.07) is 8.57. The van der Waals surface area contributed by atoms with Crippen LogP contribution in [0.25, 0.3) is 21.3 Å². The van der Waals surface area contributed by atoms with E-state index in [9.17, 15) is 14.4 Å². The van der Waals surface area contributed by atoms with Crippen LogP contribution in [0.3, 0.4) is 0 Å². The first-order valence-electron chi connectivity index (χ1n) is 8.41. The lowest BCUT2D eigenvalue weighted by atomic mass is 10.1. The summed E-state index contributed by atoms with van der Waals surface area (Å²) in [6.45, 7) is 3.63. The van der Waals surface area contributed by atoms with E-state index >= 15 is 0 Å². The number of rotatable bonds is 5. The highest BCUT2D eigenvalue weighted by Gasteiger charge is 2.27. The van der Waals surface area contributed by atoms with Crippen molar-refractivity contribution in [3.63, 3.8) is 0 Å². The second-order valence-corrected chi connectivity index (χ2v) is 8.37. The third-order valence-electron chi connectivity index (χ3n) is 4.04. The molecule has 0 aliphatic heterocycles. The predicted molar refractivity (Wildman–Crippen MR) is 112 cm³/mol. The smallest absolute Gasteiger partial charge is 0.318 e. The molecule has 1 aromatic carbocycles. The highest BCUT2D eigenvalue weighted by atomic mass is 32.2. The van der Waals surface area contributed by atoms with Gasteiger partial charge in [0.05, 0.1) is 10.6 Å². The number of nitrogen functional groups attached to an aromatic ring is 1. The number of benzene rings is 1. The largest absolute Gasteiger partial charge is 0.351 e. The Balaban J connectivity index is 2.04. The lowest BCUT2D eigenvalue weighted by molar-refractivity contribution is -0.120. The molecule has 3 amide bonds. The van der Waals surface area contributed by atoms with E-state index in [4.69, 9.17) is 11.6 Å². The number of thiophene rings is 1. The number of aromatic nitrogens is 2. The van der Waals surface area contributed by atoms with Crippen LogP contribution >= 0.6 is 23.1 Å². The molecule has 0 fully saturated rings. The molecule has 1 atom stereocenters. The fraction of sp³-hybridized carbons (Fsp3) is 0.222. The molecule has 3 rings (SSSR count). The number of amides is 3. The Kier molecular flexibility index (Phi) is 5.71. The third kappa shape index (κ3) is 3.87. The van der Waals surface area contributed by atoms with Gasteiger partial charge in [0, 0.05) is 10.9 Å². The molecule has 2 heterocycles. The van der Waals surface area contributed by atoms with Gasteiger partial charge in [0.1, 0.15) is 4.83 Å².